The molecule has 0 unspecified atom stereocenters. The van der Waals surface area contributed by atoms with Gasteiger partial charge in [0.15, 0.2) is 0 Å². The van der Waals surface area contributed by atoms with Crippen molar-refractivity contribution in [1.29, 1.82) is 0 Å². The molecular formula is C23H23N3O4S2. The molecule has 0 aliphatic carbocycles. The Bertz CT molecular complexity index is 1220. The fraction of sp³-hybridized carbons (Fsp3) is 0.217. The number of nitrogens with one attached hydrogen (secondary N) is 2. The third-order valence-electron chi connectivity index (χ3n) is 5.17. The second-order valence-electron chi connectivity index (χ2n) is 7.46. The number of nitrogens with zero attached hydrogens (tertiary/aromatic N) is 1. The molecular weight excluding hydrogens is 446 g/mol. The second kappa shape index (κ2) is 9.64. The summed E-state index contributed by atoms with van der Waals surface area (Å²) in [5.74, 6) is -0.641. The molecule has 1 fully saturated rings. The quantitative estimate of drug-likeness (QED) is 0.558. The maximum atomic E-state index is 12.9. The Morgan fingerprint density at radius 2 is 1.50 bits per heavy atom. The van der Waals surface area contributed by atoms with Gasteiger partial charge in [-0.1, -0.05) is 24.6 Å². The van der Waals surface area contributed by atoms with Crippen molar-refractivity contribution >= 4 is 44.5 Å². The number of rotatable bonds is 6. The summed E-state index contributed by atoms with van der Waals surface area (Å²) >= 11 is 1.33. The van der Waals surface area contributed by atoms with E-state index in [2.05, 4.69) is 10.6 Å². The van der Waals surface area contributed by atoms with Gasteiger partial charge in [-0.15, -0.1) is 11.3 Å². The smallest absolute Gasteiger partial charge is 0.265 e. The van der Waals surface area contributed by atoms with E-state index in [0.29, 0.717) is 34.9 Å². The largest absolute Gasteiger partial charge is 0.322 e. The van der Waals surface area contributed by atoms with Crippen molar-refractivity contribution in [2.75, 3.05) is 23.7 Å². The summed E-state index contributed by atoms with van der Waals surface area (Å²) in [6.45, 7) is 1.03. The first-order valence-corrected chi connectivity index (χ1v) is 12.6. The molecule has 7 nitrogen and oxygen atoms in total. The van der Waals surface area contributed by atoms with Crippen LogP contribution in [0.3, 0.4) is 0 Å². The topological polar surface area (TPSA) is 95.6 Å². The molecule has 0 spiro atoms. The van der Waals surface area contributed by atoms with Crippen molar-refractivity contribution in [3.63, 3.8) is 0 Å². The number of sulfonamides is 1. The molecule has 2 amide bonds. The third-order valence-corrected chi connectivity index (χ3v) is 7.94. The molecule has 0 bridgehead atoms. The van der Waals surface area contributed by atoms with Crippen molar-refractivity contribution < 1.29 is 18.0 Å². The average Bonchev–Trinajstić information content (AvgIpc) is 3.35. The minimum absolute atomic E-state index is 0.161. The van der Waals surface area contributed by atoms with Crippen LogP contribution in [-0.2, 0) is 10.0 Å². The fourth-order valence-electron chi connectivity index (χ4n) is 3.53. The first-order valence-electron chi connectivity index (χ1n) is 10.3. The van der Waals surface area contributed by atoms with Gasteiger partial charge in [-0.2, -0.15) is 4.31 Å². The van der Waals surface area contributed by atoms with Crippen molar-refractivity contribution in [2.24, 2.45) is 0 Å². The van der Waals surface area contributed by atoms with Crippen molar-refractivity contribution in [2.45, 2.75) is 24.2 Å². The number of carbonyl (C=O) groups is 2. The van der Waals surface area contributed by atoms with Crippen LogP contribution in [0.4, 0.5) is 11.4 Å². The Kier molecular flexibility index (Phi) is 6.69. The SMILES string of the molecule is O=C(Nc1cccc(S(=O)(=O)N2CCCCC2)c1)c1cccc(NC(=O)c2cccs2)c1. The van der Waals surface area contributed by atoms with E-state index in [1.807, 2.05) is 5.38 Å². The van der Waals surface area contributed by atoms with Gasteiger partial charge in [0.05, 0.1) is 9.77 Å². The first kappa shape index (κ1) is 22.2. The highest BCUT2D eigenvalue weighted by Gasteiger charge is 2.26. The highest BCUT2D eigenvalue weighted by atomic mass is 32.2. The van der Waals surface area contributed by atoms with Gasteiger partial charge in [-0.05, 0) is 60.7 Å². The lowest BCUT2D eigenvalue weighted by Crippen LogP contribution is -2.35. The third kappa shape index (κ3) is 5.07. The maximum Gasteiger partial charge on any atom is 0.265 e. The van der Waals surface area contributed by atoms with Gasteiger partial charge < -0.3 is 10.6 Å². The molecule has 3 aromatic rings. The zero-order valence-electron chi connectivity index (χ0n) is 17.3. The number of thiophene rings is 1. The van der Waals surface area contributed by atoms with E-state index in [0.717, 1.165) is 19.3 Å². The predicted octanol–water partition coefficient (Wildman–Crippen LogP) is 4.43. The van der Waals surface area contributed by atoms with E-state index in [4.69, 9.17) is 0 Å². The molecule has 0 radical (unpaired) electrons. The second-order valence-corrected chi connectivity index (χ2v) is 10.3. The number of anilines is 2. The van der Waals surface area contributed by atoms with Crippen LogP contribution in [-0.4, -0.2) is 37.6 Å². The first-order chi connectivity index (χ1) is 15.4. The van der Waals surface area contributed by atoms with Gasteiger partial charge in [0.2, 0.25) is 10.0 Å². The van der Waals surface area contributed by atoms with Crippen molar-refractivity contribution in [3.05, 3.63) is 76.5 Å². The molecule has 2 aromatic carbocycles. The molecule has 9 heteroatoms. The van der Waals surface area contributed by atoms with Crippen LogP contribution in [0, 0.1) is 0 Å². The summed E-state index contributed by atoms with van der Waals surface area (Å²) in [4.78, 5) is 25.7. The van der Waals surface area contributed by atoms with Crippen LogP contribution in [0.5, 0.6) is 0 Å². The normalized spacial score (nSPS) is 14.6. The van der Waals surface area contributed by atoms with Crippen molar-refractivity contribution in [1.82, 2.24) is 4.31 Å². The van der Waals surface area contributed by atoms with E-state index in [9.17, 15) is 18.0 Å². The highest BCUT2D eigenvalue weighted by Crippen LogP contribution is 2.23. The Morgan fingerprint density at radius 1 is 0.812 bits per heavy atom. The summed E-state index contributed by atoms with van der Waals surface area (Å²) < 4.78 is 27.3. The van der Waals surface area contributed by atoms with E-state index in [1.54, 1.807) is 54.6 Å². The lowest BCUT2D eigenvalue weighted by molar-refractivity contribution is 0.101. The maximum absolute atomic E-state index is 12.9. The minimum atomic E-state index is -3.59. The average molecular weight is 470 g/mol. The van der Waals surface area contributed by atoms with E-state index in [1.165, 1.54) is 21.7 Å². The van der Waals surface area contributed by atoms with Gasteiger partial charge >= 0.3 is 0 Å². The Morgan fingerprint density at radius 3 is 2.22 bits per heavy atom. The summed E-state index contributed by atoms with van der Waals surface area (Å²) in [6, 6.07) is 16.4. The Balaban J connectivity index is 1.47. The van der Waals surface area contributed by atoms with Crippen LogP contribution in [0.15, 0.2) is 70.9 Å². The number of amides is 2. The molecule has 0 atom stereocenters. The lowest BCUT2D eigenvalue weighted by Gasteiger charge is -2.26. The standard InChI is InChI=1S/C23H23N3O4S2/c27-22(17-7-4-8-18(15-17)25-23(28)21-11-6-14-31-21)24-19-9-5-10-20(16-19)32(29,30)26-12-2-1-3-13-26/h4-11,14-16H,1-3,12-13H2,(H,24,27)(H,25,28). The van der Waals surface area contributed by atoms with E-state index < -0.39 is 15.9 Å². The van der Waals surface area contributed by atoms with Gasteiger partial charge in [-0.25, -0.2) is 8.42 Å². The fourth-order valence-corrected chi connectivity index (χ4v) is 5.71. The monoisotopic (exact) mass is 469 g/mol. The molecule has 166 valence electrons. The van der Waals surface area contributed by atoms with Gasteiger partial charge in [0.1, 0.15) is 0 Å². The predicted molar refractivity (Wildman–Crippen MR) is 126 cm³/mol. The van der Waals surface area contributed by atoms with E-state index in [-0.39, 0.29) is 10.8 Å². The van der Waals surface area contributed by atoms with Gasteiger partial charge in [-0.3, -0.25) is 9.59 Å². The Hall–Kier alpha value is -3.01. The molecule has 4 rings (SSSR count). The van der Waals surface area contributed by atoms with Crippen LogP contribution in [0.2, 0.25) is 0 Å². The number of hydrogen-bond acceptors (Lipinski definition) is 5. The molecule has 1 saturated heterocycles. The number of carbonyl (C=O) groups excluding carboxylic acids is 2. The summed E-state index contributed by atoms with van der Waals surface area (Å²) in [6.07, 6.45) is 2.75. The van der Waals surface area contributed by atoms with Crippen molar-refractivity contribution in [3.8, 4) is 0 Å². The summed E-state index contributed by atoms with van der Waals surface area (Å²) in [7, 11) is -3.59. The zero-order chi connectivity index (χ0) is 22.6. The molecule has 1 aliphatic rings. The van der Waals surface area contributed by atoms with Crippen LogP contribution in [0.1, 0.15) is 39.3 Å². The van der Waals surface area contributed by atoms with Crippen LogP contribution >= 0.6 is 11.3 Å². The number of piperidine rings is 1. The highest BCUT2D eigenvalue weighted by molar-refractivity contribution is 7.89. The van der Waals surface area contributed by atoms with Gasteiger partial charge in [0, 0.05) is 30.0 Å². The zero-order valence-corrected chi connectivity index (χ0v) is 18.9. The minimum Gasteiger partial charge on any atom is -0.322 e. The Labute approximate surface area is 191 Å². The number of hydrogen-bond donors (Lipinski definition) is 2. The van der Waals surface area contributed by atoms with E-state index >= 15 is 0 Å². The molecule has 2 N–H and O–H groups in total. The van der Waals surface area contributed by atoms with Crippen LogP contribution in [0.25, 0.3) is 0 Å². The summed E-state index contributed by atoms with van der Waals surface area (Å²) in [5.41, 5.74) is 1.23. The molecule has 2 heterocycles. The molecule has 1 aromatic heterocycles. The molecule has 0 saturated carbocycles. The molecule has 32 heavy (non-hydrogen) atoms. The lowest BCUT2D eigenvalue weighted by atomic mass is 10.1. The van der Waals surface area contributed by atoms with Gasteiger partial charge in [0.25, 0.3) is 11.8 Å². The molecule has 1 aliphatic heterocycles. The summed E-state index contributed by atoms with van der Waals surface area (Å²) in [5, 5.41) is 7.34. The van der Waals surface area contributed by atoms with Crippen LogP contribution < -0.4 is 10.6 Å². The number of benzene rings is 2.